The first-order valence-corrected chi connectivity index (χ1v) is 12.7. The van der Waals surface area contributed by atoms with Gasteiger partial charge in [0.2, 0.25) is 0 Å². The average Bonchev–Trinajstić information content (AvgIpc) is 2.69. The van der Waals surface area contributed by atoms with Crippen LogP contribution in [0.25, 0.3) is 0 Å². The van der Waals surface area contributed by atoms with Crippen LogP contribution in [0.3, 0.4) is 0 Å². The van der Waals surface area contributed by atoms with Crippen LogP contribution in [-0.2, 0) is 13.3 Å². The van der Waals surface area contributed by atoms with Crippen LogP contribution in [0, 0.1) is 0 Å². The lowest BCUT2D eigenvalue weighted by atomic mass is 9.88. The lowest BCUT2D eigenvalue weighted by Gasteiger charge is -2.46. The fraction of sp³-hybridized carbons (Fsp3) is 1.00. The lowest BCUT2D eigenvalue weighted by Crippen LogP contribution is -2.75. The molecule has 0 fully saturated rings. The Morgan fingerprint density at radius 1 is 0.375 bits per heavy atom. The minimum Gasteiger partial charge on any atom is -0.371 e. The third-order valence-electron chi connectivity index (χ3n) is 5.02. The van der Waals surface area contributed by atoms with Gasteiger partial charge in [-0.1, -0.05) is 6.92 Å². The number of hydrogen-bond donors (Lipinski definition) is 0. The molecule has 0 radical (unpaired) electrons. The first-order valence-electron chi connectivity index (χ1n) is 10.9. The summed E-state index contributed by atoms with van der Waals surface area (Å²) >= 11 is 0. The second kappa shape index (κ2) is 11.2. The van der Waals surface area contributed by atoms with Crippen molar-refractivity contribution in [3.8, 4) is 0 Å². The van der Waals surface area contributed by atoms with E-state index in [2.05, 4.69) is 0 Å². The molecule has 1 unspecified atom stereocenters. The smallest absolute Gasteiger partial charge is 0.371 e. The maximum absolute atomic E-state index is 15.0. The van der Waals surface area contributed by atoms with Gasteiger partial charge in [-0.3, -0.25) is 0 Å². The van der Waals surface area contributed by atoms with Crippen molar-refractivity contribution in [2.24, 2.45) is 0 Å². The summed E-state index contributed by atoms with van der Waals surface area (Å²) in [4.78, 5) is 0. The highest BCUT2D eigenvalue weighted by atomic mass is 28.4. The van der Waals surface area contributed by atoms with E-state index in [1.807, 2.05) is 0 Å². The van der Waals surface area contributed by atoms with Crippen LogP contribution in [0.1, 0.15) is 48.5 Å². The molecule has 242 valence electrons. The molecule has 0 saturated carbocycles. The third-order valence-corrected chi connectivity index (χ3v) is 8.84. The van der Waals surface area contributed by atoms with Crippen molar-refractivity contribution in [1.82, 2.24) is 0 Å². The monoisotopic (exact) mass is 652 g/mol. The van der Waals surface area contributed by atoms with Crippen molar-refractivity contribution in [1.29, 1.82) is 0 Å². The van der Waals surface area contributed by atoms with Gasteiger partial charge in [-0.25, -0.2) is 0 Å². The molecule has 0 heterocycles. The molecule has 3 nitrogen and oxygen atoms in total. The molecular weight excluding hydrogens is 627 g/mol. The molecule has 0 spiro atoms. The summed E-state index contributed by atoms with van der Waals surface area (Å²) in [7, 11) is -5.52. The topological polar surface area (TPSA) is 27.7 Å². The zero-order chi connectivity index (χ0) is 32.9. The molecule has 0 aromatic carbocycles. The Balaban J connectivity index is 7.24. The SMILES string of the molecule is CC(C)O[Si](OC(C)C)(OC(C)C)C(C)C(F)(F)C(F)(F)C(F)(F)C(F)(F)C(F)(F)C(F)(F)C(F)(F)C(F)(F)F. The fourth-order valence-electron chi connectivity index (χ4n) is 3.05. The number of rotatable bonds is 14. The molecule has 0 aliphatic rings. The molecule has 40 heavy (non-hydrogen) atoms. The van der Waals surface area contributed by atoms with Crippen molar-refractivity contribution in [2.45, 2.75) is 120 Å². The maximum Gasteiger partial charge on any atom is 0.511 e. The Labute approximate surface area is 217 Å². The number of halogens is 17. The molecule has 0 saturated heterocycles. The minimum atomic E-state index is -8.70. The second-order valence-electron chi connectivity index (χ2n) is 9.39. The van der Waals surface area contributed by atoms with Gasteiger partial charge in [-0.2, -0.15) is 74.6 Å². The fourth-order valence-corrected chi connectivity index (χ4v) is 6.42. The van der Waals surface area contributed by atoms with Gasteiger partial charge in [0.05, 0.1) is 5.54 Å². The van der Waals surface area contributed by atoms with Gasteiger partial charge in [0, 0.05) is 18.3 Å². The van der Waals surface area contributed by atoms with Crippen molar-refractivity contribution in [3.05, 3.63) is 0 Å². The largest absolute Gasteiger partial charge is 0.511 e. The van der Waals surface area contributed by atoms with Gasteiger partial charge in [0.15, 0.2) is 0 Å². The van der Waals surface area contributed by atoms with E-state index in [4.69, 9.17) is 13.3 Å². The Morgan fingerprint density at radius 2 is 0.600 bits per heavy atom. The lowest BCUT2D eigenvalue weighted by molar-refractivity contribution is -0.462. The number of alkyl halides is 17. The van der Waals surface area contributed by atoms with Gasteiger partial charge in [-0.05, 0) is 41.5 Å². The van der Waals surface area contributed by atoms with E-state index in [0.717, 1.165) is 41.5 Å². The van der Waals surface area contributed by atoms with E-state index < -0.39 is 80.3 Å². The Hall–Kier alpha value is -1.09. The van der Waals surface area contributed by atoms with Crippen LogP contribution in [0.2, 0.25) is 5.54 Å². The summed E-state index contributed by atoms with van der Waals surface area (Å²) in [5.41, 5.74) is -3.57. The highest BCUT2D eigenvalue weighted by molar-refractivity contribution is 6.62. The summed E-state index contributed by atoms with van der Waals surface area (Å²) in [6, 6.07) is 0. The molecule has 1 atom stereocenters. The Kier molecular flexibility index (Phi) is 10.9. The quantitative estimate of drug-likeness (QED) is 0.139. The van der Waals surface area contributed by atoms with Crippen LogP contribution >= 0.6 is 0 Å². The molecule has 0 bridgehead atoms. The van der Waals surface area contributed by atoms with E-state index in [1.54, 1.807) is 0 Å². The van der Waals surface area contributed by atoms with Gasteiger partial charge in [-0.15, -0.1) is 0 Å². The maximum atomic E-state index is 15.0. The minimum absolute atomic E-state index is 0.0773. The van der Waals surface area contributed by atoms with E-state index in [1.165, 1.54) is 0 Å². The Bertz CT molecular complexity index is 829. The third kappa shape index (κ3) is 6.02. The zero-order valence-electron chi connectivity index (χ0n) is 21.5. The predicted octanol–water partition coefficient (Wildman–Crippen LogP) is 8.60. The van der Waals surface area contributed by atoms with Gasteiger partial charge in [0.1, 0.15) is 0 Å². The predicted molar refractivity (Wildman–Crippen MR) is 105 cm³/mol. The molecule has 0 aromatic rings. The highest BCUT2D eigenvalue weighted by Gasteiger charge is 2.95. The highest BCUT2D eigenvalue weighted by Crippen LogP contribution is 2.65. The van der Waals surface area contributed by atoms with Crippen molar-refractivity contribution < 1.29 is 87.9 Å². The van der Waals surface area contributed by atoms with Gasteiger partial charge in [0.25, 0.3) is 0 Å². The molecule has 0 aromatic heterocycles. The second-order valence-corrected chi connectivity index (χ2v) is 12.2. The van der Waals surface area contributed by atoms with Crippen molar-refractivity contribution >= 4 is 8.80 Å². The van der Waals surface area contributed by atoms with Crippen molar-refractivity contribution in [3.63, 3.8) is 0 Å². The molecule has 21 heteroatoms. The summed E-state index contributed by atoms with van der Waals surface area (Å²) < 4.78 is 248. The van der Waals surface area contributed by atoms with Crippen LogP contribution in [0.4, 0.5) is 74.6 Å². The van der Waals surface area contributed by atoms with E-state index in [0.29, 0.717) is 0 Å². The van der Waals surface area contributed by atoms with Crippen LogP contribution < -0.4 is 0 Å². The van der Waals surface area contributed by atoms with Gasteiger partial charge >= 0.3 is 56.4 Å². The summed E-state index contributed by atoms with van der Waals surface area (Å²) in [5, 5.41) is 0. The molecule has 0 rings (SSSR count). The molecule has 0 aliphatic heterocycles. The van der Waals surface area contributed by atoms with Gasteiger partial charge < -0.3 is 13.3 Å². The van der Waals surface area contributed by atoms with Crippen molar-refractivity contribution in [2.75, 3.05) is 0 Å². The normalized spacial score (nSPS) is 16.9. The molecule has 0 N–H and O–H groups in total. The van der Waals surface area contributed by atoms with Crippen LogP contribution in [0.5, 0.6) is 0 Å². The van der Waals surface area contributed by atoms with E-state index in [9.17, 15) is 65.9 Å². The zero-order valence-corrected chi connectivity index (χ0v) is 22.5. The molecule has 0 aliphatic carbocycles. The standard InChI is InChI=1S/C19H25F17O3Si/c1-8(2)37-40(38-9(3)4,39-10(5)6)11(7)12(20,21)13(22,23)14(24,25)15(26,27)16(28,29)17(30,31)18(32,33)19(34,35)36/h8-11H,1-7H3. The van der Waals surface area contributed by atoms with E-state index >= 15 is 8.78 Å². The van der Waals surface area contributed by atoms with E-state index in [-0.39, 0.29) is 6.92 Å². The first-order chi connectivity index (χ1) is 17.2. The molecular formula is C19H25F17O3Si. The number of hydrogen-bond acceptors (Lipinski definition) is 3. The first kappa shape index (κ1) is 38.9. The summed E-state index contributed by atoms with van der Waals surface area (Å²) in [5.74, 6) is -57.1. The summed E-state index contributed by atoms with van der Waals surface area (Å²) in [6.07, 6.45) is -11.7. The Morgan fingerprint density at radius 3 is 0.825 bits per heavy atom. The van der Waals surface area contributed by atoms with Crippen LogP contribution in [0.15, 0.2) is 0 Å². The van der Waals surface area contributed by atoms with Crippen LogP contribution in [-0.4, -0.2) is 74.8 Å². The summed E-state index contributed by atoms with van der Waals surface area (Å²) in [6.45, 7) is 6.28. The molecule has 0 amide bonds. The average molecular weight is 652 g/mol.